The third kappa shape index (κ3) is 2.87. The molecule has 0 aliphatic heterocycles. The Labute approximate surface area is 107 Å². The minimum Gasteiger partial charge on any atom is -0.489 e. The van der Waals surface area contributed by atoms with Crippen LogP contribution in [0.2, 0.25) is 0 Å². The van der Waals surface area contributed by atoms with Gasteiger partial charge in [0.15, 0.2) is 0 Å². The van der Waals surface area contributed by atoms with Crippen LogP contribution in [-0.2, 0) is 6.61 Å². The first-order valence-corrected chi connectivity index (χ1v) is 6.09. The van der Waals surface area contributed by atoms with Gasteiger partial charge in [-0.15, -0.1) is 11.3 Å². The Kier molecular flexibility index (Phi) is 3.62. The van der Waals surface area contributed by atoms with Gasteiger partial charge < -0.3 is 9.84 Å². The lowest BCUT2D eigenvalue weighted by atomic mass is 10.2. The molecular formula is C13H11FO3S. The van der Waals surface area contributed by atoms with E-state index in [1.54, 1.807) is 18.2 Å². The van der Waals surface area contributed by atoms with E-state index in [-0.39, 0.29) is 17.3 Å². The fourth-order valence-electron chi connectivity index (χ4n) is 1.49. The van der Waals surface area contributed by atoms with Crippen LogP contribution in [0.3, 0.4) is 0 Å². The molecule has 1 N–H and O–H groups in total. The Morgan fingerprint density at radius 3 is 2.83 bits per heavy atom. The topological polar surface area (TPSA) is 46.5 Å². The Morgan fingerprint density at radius 2 is 2.22 bits per heavy atom. The highest BCUT2D eigenvalue weighted by Crippen LogP contribution is 2.23. The first kappa shape index (κ1) is 12.6. The van der Waals surface area contributed by atoms with Crippen molar-refractivity contribution in [3.63, 3.8) is 0 Å². The minimum absolute atomic E-state index is 0.235. The highest BCUT2D eigenvalue weighted by molar-refractivity contribution is 7.14. The van der Waals surface area contributed by atoms with Gasteiger partial charge in [0.25, 0.3) is 0 Å². The van der Waals surface area contributed by atoms with Crippen molar-refractivity contribution in [1.82, 2.24) is 0 Å². The van der Waals surface area contributed by atoms with Crippen LogP contribution in [0.15, 0.2) is 30.3 Å². The molecule has 2 rings (SSSR count). The van der Waals surface area contributed by atoms with E-state index in [1.165, 1.54) is 23.5 Å². The van der Waals surface area contributed by atoms with Gasteiger partial charge in [0.1, 0.15) is 23.1 Å². The molecule has 0 saturated heterocycles. The summed E-state index contributed by atoms with van der Waals surface area (Å²) in [6.45, 7) is 2.07. The lowest BCUT2D eigenvalue weighted by Crippen LogP contribution is -1.96. The molecule has 0 saturated carbocycles. The molecule has 0 fully saturated rings. The minimum atomic E-state index is -0.944. The Balaban J connectivity index is 2.08. The summed E-state index contributed by atoms with van der Waals surface area (Å²) >= 11 is 1.21. The number of hydrogen-bond acceptors (Lipinski definition) is 3. The molecule has 0 aliphatic rings. The molecule has 0 bridgehead atoms. The van der Waals surface area contributed by atoms with Crippen LogP contribution < -0.4 is 4.74 Å². The van der Waals surface area contributed by atoms with E-state index in [2.05, 4.69) is 0 Å². The number of carboxylic acid groups (broad SMARTS) is 1. The summed E-state index contributed by atoms with van der Waals surface area (Å²) in [6.07, 6.45) is 0. The van der Waals surface area contributed by atoms with E-state index in [1.807, 2.05) is 6.92 Å². The third-order valence-electron chi connectivity index (χ3n) is 2.42. The molecule has 0 unspecified atom stereocenters. The number of carboxylic acids is 1. The number of aryl methyl sites for hydroxylation is 1. The molecule has 3 nitrogen and oxygen atoms in total. The largest absolute Gasteiger partial charge is 0.489 e. The van der Waals surface area contributed by atoms with Crippen molar-refractivity contribution in [3.05, 3.63) is 51.5 Å². The molecule has 94 valence electrons. The molecule has 0 aliphatic carbocycles. The number of aromatic carboxylic acids is 1. The van der Waals surface area contributed by atoms with Crippen molar-refractivity contribution < 1.29 is 19.0 Å². The van der Waals surface area contributed by atoms with Gasteiger partial charge in [-0.1, -0.05) is 6.07 Å². The van der Waals surface area contributed by atoms with Crippen LogP contribution in [0.4, 0.5) is 4.39 Å². The number of rotatable bonds is 4. The van der Waals surface area contributed by atoms with Crippen LogP contribution in [-0.4, -0.2) is 11.1 Å². The molecule has 0 radical (unpaired) electrons. The van der Waals surface area contributed by atoms with Gasteiger partial charge in [-0.05, 0) is 25.1 Å². The quantitative estimate of drug-likeness (QED) is 0.921. The van der Waals surface area contributed by atoms with Gasteiger partial charge in [-0.2, -0.15) is 0 Å². The van der Waals surface area contributed by atoms with E-state index in [9.17, 15) is 9.18 Å². The van der Waals surface area contributed by atoms with E-state index < -0.39 is 5.97 Å². The molecule has 2 aromatic rings. The highest BCUT2D eigenvalue weighted by Gasteiger charge is 2.11. The number of benzene rings is 1. The summed E-state index contributed by atoms with van der Waals surface area (Å²) in [7, 11) is 0. The predicted molar refractivity (Wildman–Crippen MR) is 66.7 cm³/mol. The number of halogens is 1. The van der Waals surface area contributed by atoms with Crippen LogP contribution in [0.5, 0.6) is 5.75 Å². The maximum atomic E-state index is 12.9. The Bertz CT molecular complexity index is 577. The molecule has 0 amide bonds. The molecule has 1 aromatic heterocycles. The number of ether oxygens (including phenoxy) is 1. The van der Waals surface area contributed by atoms with E-state index in [0.29, 0.717) is 5.75 Å². The Morgan fingerprint density at radius 1 is 1.44 bits per heavy atom. The summed E-state index contributed by atoms with van der Waals surface area (Å²) in [5.41, 5.74) is 0.807. The molecule has 5 heteroatoms. The summed E-state index contributed by atoms with van der Waals surface area (Å²) in [5, 5.41) is 8.86. The second-order valence-electron chi connectivity index (χ2n) is 3.74. The molecule has 1 heterocycles. The summed E-state index contributed by atoms with van der Waals surface area (Å²) < 4.78 is 18.3. The Hall–Kier alpha value is -1.88. The zero-order chi connectivity index (χ0) is 13.1. The van der Waals surface area contributed by atoms with Gasteiger partial charge in [0.2, 0.25) is 0 Å². The molecule has 0 atom stereocenters. The molecule has 18 heavy (non-hydrogen) atoms. The van der Waals surface area contributed by atoms with E-state index in [0.717, 1.165) is 10.4 Å². The molecule has 1 aromatic carbocycles. The summed E-state index contributed by atoms with van der Waals surface area (Å²) in [5.74, 6) is -0.877. The fraction of sp³-hybridized carbons (Fsp3) is 0.154. The van der Waals surface area contributed by atoms with Crippen LogP contribution >= 0.6 is 11.3 Å². The lowest BCUT2D eigenvalue weighted by Gasteiger charge is -2.05. The van der Waals surface area contributed by atoms with Crippen molar-refractivity contribution >= 4 is 17.3 Å². The standard InChI is InChI=1S/C13H11FO3S/c1-8-9(5-12(18-8)13(15)16)7-17-11-4-2-3-10(14)6-11/h2-6H,7H2,1H3,(H,15,16). The van der Waals surface area contributed by atoms with Crippen LogP contribution in [0, 0.1) is 12.7 Å². The normalized spacial score (nSPS) is 10.3. The summed E-state index contributed by atoms with van der Waals surface area (Å²) in [6, 6.07) is 7.43. The highest BCUT2D eigenvalue weighted by atomic mass is 32.1. The maximum absolute atomic E-state index is 12.9. The predicted octanol–water partition coefficient (Wildman–Crippen LogP) is 3.47. The number of hydrogen-bond donors (Lipinski definition) is 1. The number of carbonyl (C=O) groups is 1. The smallest absolute Gasteiger partial charge is 0.345 e. The van der Waals surface area contributed by atoms with Gasteiger partial charge in [-0.25, -0.2) is 9.18 Å². The summed E-state index contributed by atoms with van der Waals surface area (Å²) in [4.78, 5) is 12.0. The fourth-order valence-corrected chi connectivity index (χ4v) is 2.35. The van der Waals surface area contributed by atoms with Gasteiger partial charge >= 0.3 is 5.97 Å². The average Bonchev–Trinajstić information content (AvgIpc) is 2.68. The zero-order valence-electron chi connectivity index (χ0n) is 9.64. The molecule has 0 spiro atoms. The average molecular weight is 266 g/mol. The maximum Gasteiger partial charge on any atom is 0.345 e. The second-order valence-corrected chi connectivity index (χ2v) is 5.00. The first-order valence-electron chi connectivity index (χ1n) is 5.27. The number of thiophene rings is 1. The SMILES string of the molecule is Cc1sc(C(=O)O)cc1COc1cccc(F)c1. The lowest BCUT2D eigenvalue weighted by molar-refractivity contribution is 0.0702. The monoisotopic (exact) mass is 266 g/mol. The van der Waals surface area contributed by atoms with Crippen molar-refractivity contribution in [3.8, 4) is 5.75 Å². The van der Waals surface area contributed by atoms with Gasteiger partial charge in [0.05, 0.1) is 0 Å². The van der Waals surface area contributed by atoms with Crippen LogP contribution in [0.1, 0.15) is 20.1 Å². The van der Waals surface area contributed by atoms with Gasteiger partial charge in [0, 0.05) is 16.5 Å². The first-order chi connectivity index (χ1) is 8.56. The zero-order valence-corrected chi connectivity index (χ0v) is 10.5. The van der Waals surface area contributed by atoms with Crippen molar-refractivity contribution in [1.29, 1.82) is 0 Å². The van der Waals surface area contributed by atoms with Crippen molar-refractivity contribution in [2.45, 2.75) is 13.5 Å². The van der Waals surface area contributed by atoms with Crippen molar-refractivity contribution in [2.75, 3.05) is 0 Å². The van der Waals surface area contributed by atoms with Crippen molar-refractivity contribution in [2.24, 2.45) is 0 Å². The van der Waals surface area contributed by atoms with E-state index >= 15 is 0 Å². The van der Waals surface area contributed by atoms with Crippen LogP contribution in [0.25, 0.3) is 0 Å². The second kappa shape index (κ2) is 5.18. The van der Waals surface area contributed by atoms with E-state index in [4.69, 9.17) is 9.84 Å². The third-order valence-corrected chi connectivity index (χ3v) is 3.50. The van der Waals surface area contributed by atoms with Gasteiger partial charge in [-0.3, -0.25) is 0 Å². The molecular weight excluding hydrogens is 255 g/mol.